The normalized spacial score (nSPS) is 12.1. The topological polar surface area (TPSA) is 93.9 Å². The van der Waals surface area contributed by atoms with E-state index in [1.54, 1.807) is 4.72 Å². The zero-order valence-electron chi connectivity index (χ0n) is 14.9. The van der Waals surface area contributed by atoms with Gasteiger partial charge >= 0.3 is 6.18 Å². The Bertz CT molecular complexity index is 1230. The molecule has 2 aromatic carbocycles. The molecule has 0 spiro atoms. The van der Waals surface area contributed by atoms with Gasteiger partial charge in [0.1, 0.15) is 0 Å². The second kappa shape index (κ2) is 7.89. The van der Waals surface area contributed by atoms with Crippen LogP contribution in [0.3, 0.4) is 0 Å². The average molecular weight is 479 g/mol. The number of carbonyl (C=O) groups is 1. The fourth-order valence-electron chi connectivity index (χ4n) is 2.53. The van der Waals surface area contributed by atoms with Crippen LogP contribution in [-0.4, -0.2) is 29.3 Å². The highest BCUT2D eigenvalue weighted by atomic mass is 35.5. The molecule has 0 atom stereocenters. The molecular formula is C17H11Cl2F3N4O3S. The summed E-state index contributed by atoms with van der Waals surface area (Å²) in [6, 6.07) is 8.01. The zero-order valence-corrected chi connectivity index (χ0v) is 17.2. The van der Waals surface area contributed by atoms with Gasteiger partial charge in [-0.1, -0.05) is 28.4 Å². The van der Waals surface area contributed by atoms with E-state index < -0.39 is 39.1 Å². The molecule has 0 aliphatic heterocycles. The molecule has 3 rings (SSSR count). The number of nitrogens with zero attached hydrogens (tertiary/aromatic N) is 3. The third kappa shape index (κ3) is 4.42. The lowest BCUT2D eigenvalue weighted by atomic mass is 10.1. The molecule has 0 aliphatic rings. The maximum atomic E-state index is 13.4. The van der Waals surface area contributed by atoms with E-state index in [1.807, 2.05) is 0 Å². The summed E-state index contributed by atoms with van der Waals surface area (Å²) in [6.45, 7) is 1.28. The lowest BCUT2D eigenvalue weighted by molar-refractivity contribution is -0.137. The molecule has 0 bridgehead atoms. The van der Waals surface area contributed by atoms with Crippen LogP contribution >= 0.6 is 23.2 Å². The second-order valence-corrected chi connectivity index (χ2v) is 8.54. The van der Waals surface area contributed by atoms with Gasteiger partial charge in [0.15, 0.2) is 5.69 Å². The maximum absolute atomic E-state index is 13.4. The van der Waals surface area contributed by atoms with Gasteiger partial charge in [0.05, 0.1) is 21.8 Å². The number of hydrogen-bond donors (Lipinski definition) is 1. The lowest BCUT2D eigenvalue weighted by Crippen LogP contribution is -2.31. The summed E-state index contributed by atoms with van der Waals surface area (Å²) >= 11 is 11.4. The van der Waals surface area contributed by atoms with Crippen molar-refractivity contribution in [2.75, 3.05) is 0 Å². The average Bonchev–Trinajstić information content (AvgIpc) is 3.02. The van der Waals surface area contributed by atoms with Crippen molar-refractivity contribution in [3.8, 4) is 5.69 Å². The Morgan fingerprint density at radius 1 is 1.07 bits per heavy atom. The monoisotopic (exact) mass is 478 g/mol. The Morgan fingerprint density at radius 2 is 1.67 bits per heavy atom. The van der Waals surface area contributed by atoms with Gasteiger partial charge in [0.2, 0.25) is 0 Å². The molecule has 0 radical (unpaired) electrons. The van der Waals surface area contributed by atoms with Gasteiger partial charge in [-0.15, -0.1) is 5.10 Å². The SMILES string of the molecule is Cc1c(C(=O)NS(=O)(=O)c2ccc(Cl)cc2)nnn1-c1ccc(Cl)cc1C(F)(F)F. The molecule has 3 aromatic rings. The van der Waals surface area contributed by atoms with Crippen molar-refractivity contribution in [3.63, 3.8) is 0 Å². The fourth-order valence-corrected chi connectivity index (χ4v) is 3.78. The van der Waals surface area contributed by atoms with Crippen molar-refractivity contribution in [2.45, 2.75) is 18.0 Å². The highest BCUT2D eigenvalue weighted by molar-refractivity contribution is 7.90. The zero-order chi connectivity index (χ0) is 22.3. The number of amides is 1. The van der Waals surface area contributed by atoms with Gasteiger partial charge in [0, 0.05) is 10.0 Å². The molecule has 1 amide bonds. The van der Waals surface area contributed by atoms with Crippen molar-refractivity contribution in [1.82, 2.24) is 19.7 Å². The van der Waals surface area contributed by atoms with Crippen LogP contribution in [-0.2, 0) is 16.2 Å². The van der Waals surface area contributed by atoms with E-state index in [0.717, 1.165) is 10.7 Å². The Morgan fingerprint density at radius 3 is 2.27 bits per heavy atom. The van der Waals surface area contributed by atoms with Crippen LogP contribution in [0.4, 0.5) is 13.2 Å². The molecule has 1 aromatic heterocycles. The molecular weight excluding hydrogens is 468 g/mol. The van der Waals surface area contributed by atoms with Gasteiger partial charge in [0.25, 0.3) is 15.9 Å². The quantitative estimate of drug-likeness (QED) is 0.610. The molecule has 0 aliphatic carbocycles. The summed E-state index contributed by atoms with van der Waals surface area (Å²) in [5.41, 5.74) is -2.08. The summed E-state index contributed by atoms with van der Waals surface area (Å²) in [4.78, 5) is 12.2. The molecule has 30 heavy (non-hydrogen) atoms. The molecule has 0 unspecified atom stereocenters. The number of rotatable bonds is 4. The first kappa shape index (κ1) is 22.1. The van der Waals surface area contributed by atoms with Crippen molar-refractivity contribution < 1.29 is 26.4 Å². The van der Waals surface area contributed by atoms with Crippen LogP contribution in [0.25, 0.3) is 5.69 Å². The largest absolute Gasteiger partial charge is 0.418 e. The van der Waals surface area contributed by atoms with E-state index in [0.29, 0.717) is 11.1 Å². The Labute approximate surface area is 178 Å². The van der Waals surface area contributed by atoms with Gasteiger partial charge < -0.3 is 0 Å². The van der Waals surface area contributed by atoms with Gasteiger partial charge in [-0.25, -0.2) is 17.8 Å². The first-order valence-electron chi connectivity index (χ1n) is 8.02. The van der Waals surface area contributed by atoms with Crippen LogP contribution in [0.1, 0.15) is 21.7 Å². The third-order valence-electron chi connectivity index (χ3n) is 3.95. The van der Waals surface area contributed by atoms with Crippen LogP contribution in [0, 0.1) is 6.92 Å². The molecule has 1 N–H and O–H groups in total. The van der Waals surface area contributed by atoms with E-state index in [1.165, 1.54) is 37.3 Å². The van der Waals surface area contributed by atoms with E-state index >= 15 is 0 Å². The molecule has 7 nitrogen and oxygen atoms in total. The van der Waals surface area contributed by atoms with Gasteiger partial charge in [-0.05, 0) is 49.4 Å². The smallest absolute Gasteiger partial charge is 0.266 e. The van der Waals surface area contributed by atoms with Crippen LogP contribution in [0.15, 0.2) is 47.4 Å². The lowest BCUT2D eigenvalue weighted by Gasteiger charge is -2.13. The number of sulfonamides is 1. The third-order valence-corrected chi connectivity index (χ3v) is 5.79. The Balaban J connectivity index is 1.96. The van der Waals surface area contributed by atoms with Gasteiger partial charge in [-0.3, -0.25) is 4.79 Å². The minimum Gasteiger partial charge on any atom is -0.266 e. The molecule has 13 heteroatoms. The van der Waals surface area contributed by atoms with E-state index in [-0.39, 0.29) is 15.6 Å². The molecule has 0 fully saturated rings. The van der Waals surface area contributed by atoms with E-state index in [2.05, 4.69) is 10.3 Å². The number of hydrogen-bond acceptors (Lipinski definition) is 5. The minimum absolute atomic E-state index is 0.105. The minimum atomic E-state index is -4.75. The molecule has 1 heterocycles. The van der Waals surface area contributed by atoms with Crippen LogP contribution < -0.4 is 4.72 Å². The van der Waals surface area contributed by atoms with Crippen LogP contribution in [0.2, 0.25) is 10.0 Å². The van der Waals surface area contributed by atoms with Crippen LogP contribution in [0.5, 0.6) is 0 Å². The first-order valence-corrected chi connectivity index (χ1v) is 10.3. The number of alkyl halides is 3. The summed E-state index contributed by atoms with van der Waals surface area (Å²) in [5.74, 6) is -1.16. The standard InChI is InChI=1S/C17H11Cl2F3N4O3S/c1-9-15(16(27)24-30(28,29)12-5-2-10(18)3-6-12)23-25-26(9)14-7-4-11(19)8-13(14)17(20,21)22/h2-8H,1H3,(H,24,27). The number of halogens is 5. The summed E-state index contributed by atoms with van der Waals surface area (Å²) in [7, 11) is -4.27. The fraction of sp³-hybridized carbons (Fsp3) is 0.118. The van der Waals surface area contributed by atoms with E-state index in [9.17, 15) is 26.4 Å². The predicted octanol–water partition coefficient (Wildman–Crippen LogP) is 4.02. The number of aromatic nitrogens is 3. The van der Waals surface area contributed by atoms with E-state index in [4.69, 9.17) is 23.2 Å². The number of benzene rings is 2. The summed E-state index contributed by atoms with van der Waals surface area (Å²) in [6.07, 6.45) is -4.75. The van der Waals surface area contributed by atoms with Crippen molar-refractivity contribution >= 4 is 39.1 Å². The maximum Gasteiger partial charge on any atom is 0.418 e. The van der Waals surface area contributed by atoms with Gasteiger partial charge in [-0.2, -0.15) is 13.2 Å². The Kier molecular flexibility index (Phi) is 5.81. The number of carbonyl (C=O) groups excluding carboxylic acids is 1. The second-order valence-electron chi connectivity index (χ2n) is 5.98. The van der Waals surface area contributed by atoms with Crippen molar-refractivity contribution in [2.24, 2.45) is 0 Å². The molecule has 158 valence electrons. The predicted molar refractivity (Wildman–Crippen MR) is 102 cm³/mol. The first-order chi connectivity index (χ1) is 13.9. The Hall–Kier alpha value is -2.63. The number of nitrogens with one attached hydrogen (secondary N) is 1. The van der Waals surface area contributed by atoms with Crippen molar-refractivity contribution in [3.05, 3.63) is 69.5 Å². The highest BCUT2D eigenvalue weighted by Crippen LogP contribution is 2.35. The van der Waals surface area contributed by atoms with Crippen molar-refractivity contribution in [1.29, 1.82) is 0 Å². The molecule has 0 saturated heterocycles. The summed E-state index contributed by atoms with van der Waals surface area (Å²) < 4.78 is 67.4. The highest BCUT2D eigenvalue weighted by Gasteiger charge is 2.35. The molecule has 0 saturated carbocycles. The summed E-state index contributed by atoms with van der Waals surface area (Å²) in [5, 5.41) is 7.27.